The zero-order chi connectivity index (χ0) is 17.6. The van der Waals surface area contributed by atoms with Crippen molar-refractivity contribution in [1.29, 1.82) is 0 Å². The predicted octanol–water partition coefficient (Wildman–Crippen LogP) is 4.29. The number of pyridine rings is 2. The Hall–Kier alpha value is -2.62. The van der Waals surface area contributed by atoms with Crippen LogP contribution in [0.3, 0.4) is 0 Å². The van der Waals surface area contributed by atoms with Crippen LogP contribution in [-0.4, -0.2) is 9.97 Å². The number of azo groups is 1. The predicted molar refractivity (Wildman–Crippen MR) is 101 cm³/mol. The molecule has 2 aromatic heterocycles. The maximum atomic E-state index is 5.13. The first-order valence-electron chi connectivity index (χ1n) is 9.99. The van der Waals surface area contributed by atoms with E-state index < -0.39 is 0 Å². The molecule has 4 heteroatoms. The van der Waals surface area contributed by atoms with E-state index in [1.54, 1.807) is 0 Å². The fraction of sp³-hybridized carbons (Fsp3) is 0.391. The average molecular weight is 352 g/mol. The first-order valence-corrected chi connectivity index (χ1v) is 9.99. The molecular formula is C23H20N4. The molecule has 0 amide bonds. The minimum absolute atomic E-state index is 0.313. The highest BCUT2D eigenvalue weighted by atomic mass is 15.3. The Morgan fingerprint density at radius 2 is 1.19 bits per heavy atom. The summed E-state index contributed by atoms with van der Waals surface area (Å²) >= 11 is 0. The van der Waals surface area contributed by atoms with E-state index in [4.69, 9.17) is 20.2 Å². The van der Waals surface area contributed by atoms with Gasteiger partial charge in [-0.25, -0.2) is 0 Å². The van der Waals surface area contributed by atoms with Gasteiger partial charge in [-0.15, -0.1) is 0 Å². The molecule has 2 fully saturated rings. The third-order valence-corrected chi connectivity index (χ3v) is 7.94. The van der Waals surface area contributed by atoms with Crippen molar-refractivity contribution in [3.05, 3.63) is 84.5 Å². The van der Waals surface area contributed by atoms with Gasteiger partial charge in [0.25, 0.3) is 0 Å². The summed E-state index contributed by atoms with van der Waals surface area (Å²) in [7, 11) is 0. The topological polar surface area (TPSA) is 50.5 Å². The maximum Gasteiger partial charge on any atom is 0.134 e. The normalized spacial score (nSPS) is 47.0. The SMILES string of the molecule is C1=CC2CC1C1C2C2(c3ccccn3)N=NC1(c1ccccn1)C1C=CC12. The molecule has 0 N–H and O–H groups in total. The van der Waals surface area contributed by atoms with Crippen molar-refractivity contribution in [2.24, 2.45) is 45.7 Å². The largest absolute Gasteiger partial charge is 0.259 e. The lowest BCUT2D eigenvalue weighted by molar-refractivity contribution is -0.0886. The van der Waals surface area contributed by atoms with Gasteiger partial charge in [-0.05, 0) is 42.5 Å². The molecule has 27 heavy (non-hydrogen) atoms. The van der Waals surface area contributed by atoms with Crippen LogP contribution < -0.4 is 0 Å². The molecule has 0 spiro atoms. The number of rotatable bonds is 2. The summed E-state index contributed by atoms with van der Waals surface area (Å²) in [6.45, 7) is 0. The van der Waals surface area contributed by atoms with E-state index in [1.165, 1.54) is 6.42 Å². The van der Waals surface area contributed by atoms with E-state index in [0.29, 0.717) is 35.5 Å². The highest BCUT2D eigenvalue weighted by molar-refractivity contribution is 5.44. The highest BCUT2D eigenvalue weighted by Crippen LogP contribution is 2.75. The molecule has 0 aromatic carbocycles. The van der Waals surface area contributed by atoms with Crippen LogP contribution in [0.5, 0.6) is 0 Å². The lowest BCUT2D eigenvalue weighted by Crippen LogP contribution is -2.67. The second kappa shape index (κ2) is 4.61. The van der Waals surface area contributed by atoms with Crippen molar-refractivity contribution in [3.63, 3.8) is 0 Å². The van der Waals surface area contributed by atoms with Crippen molar-refractivity contribution < 1.29 is 0 Å². The molecule has 2 aromatic rings. The third kappa shape index (κ3) is 1.43. The second-order valence-corrected chi connectivity index (χ2v) is 8.72. The van der Waals surface area contributed by atoms with E-state index in [1.807, 2.05) is 24.5 Å². The van der Waals surface area contributed by atoms with Crippen LogP contribution in [0.1, 0.15) is 17.8 Å². The summed E-state index contributed by atoms with van der Waals surface area (Å²) in [6, 6.07) is 12.5. The number of aromatic nitrogens is 2. The molecule has 8 unspecified atom stereocenters. The molecule has 8 atom stereocenters. The first-order chi connectivity index (χ1) is 13.4. The molecule has 4 nitrogen and oxygen atoms in total. The number of allylic oxidation sites excluding steroid dienone is 2. The van der Waals surface area contributed by atoms with Crippen molar-refractivity contribution in [1.82, 2.24) is 9.97 Å². The van der Waals surface area contributed by atoms with E-state index in [9.17, 15) is 0 Å². The van der Waals surface area contributed by atoms with E-state index in [0.717, 1.165) is 11.4 Å². The Balaban J connectivity index is 1.55. The summed E-state index contributed by atoms with van der Waals surface area (Å²) in [5.74, 6) is 2.77. The van der Waals surface area contributed by atoms with Crippen LogP contribution >= 0.6 is 0 Å². The molecule has 6 aliphatic rings. The molecule has 0 radical (unpaired) electrons. The molecule has 4 aliphatic carbocycles. The summed E-state index contributed by atoms with van der Waals surface area (Å²) in [6.07, 6.45) is 14.6. The molecule has 4 heterocycles. The summed E-state index contributed by atoms with van der Waals surface area (Å²) in [5.41, 5.74) is 1.56. The van der Waals surface area contributed by atoms with E-state index in [2.05, 4.69) is 48.6 Å². The van der Waals surface area contributed by atoms with Gasteiger partial charge in [0.15, 0.2) is 0 Å². The van der Waals surface area contributed by atoms with Gasteiger partial charge in [0.05, 0.1) is 11.4 Å². The van der Waals surface area contributed by atoms with Gasteiger partial charge in [0, 0.05) is 36.1 Å². The van der Waals surface area contributed by atoms with E-state index in [-0.39, 0.29) is 11.1 Å². The maximum absolute atomic E-state index is 5.13. The Morgan fingerprint density at radius 3 is 1.59 bits per heavy atom. The third-order valence-electron chi connectivity index (χ3n) is 7.94. The van der Waals surface area contributed by atoms with Crippen molar-refractivity contribution in [2.75, 3.05) is 0 Å². The Bertz CT molecular complexity index is 934. The van der Waals surface area contributed by atoms with Crippen LogP contribution in [-0.2, 0) is 11.1 Å². The average Bonchev–Trinajstić information content (AvgIpc) is 3.33. The summed E-state index contributed by atoms with van der Waals surface area (Å²) < 4.78 is 0. The summed E-state index contributed by atoms with van der Waals surface area (Å²) in [4.78, 5) is 9.60. The van der Waals surface area contributed by atoms with Crippen molar-refractivity contribution in [2.45, 2.75) is 17.5 Å². The summed E-state index contributed by atoms with van der Waals surface area (Å²) in [5, 5.41) is 10.3. The molecule has 132 valence electrons. The Morgan fingerprint density at radius 1 is 0.667 bits per heavy atom. The van der Waals surface area contributed by atoms with Gasteiger partial charge < -0.3 is 0 Å². The minimum Gasteiger partial charge on any atom is -0.259 e. The fourth-order valence-corrected chi connectivity index (χ4v) is 7.06. The minimum atomic E-state index is -0.313. The quantitative estimate of drug-likeness (QED) is 0.757. The van der Waals surface area contributed by atoms with Gasteiger partial charge in [-0.1, -0.05) is 36.4 Å². The van der Waals surface area contributed by atoms with Crippen molar-refractivity contribution in [3.8, 4) is 0 Å². The smallest absolute Gasteiger partial charge is 0.134 e. The molecule has 2 aliphatic heterocycles. The Kier molecular flexibility index (Phi) is 2.47. The zero-order valence-corrected chi connectivity index (χ0v) is 14.9. The lowest BCUT2D eigenvalue weighted by Gasteiger charge is -2.65. The van der Waals surface area contributed by atoms with Gasteiger partial charge in [0.1, 0.15) is 11.1 Å². The Labute approximate surface area is 158 Å². The zero-order valence-electron chi connectivity index (χ0n) is 14.9. The van der Waals surface area contributed by atoms with Crippen LogP contribution in [0.15, 0.2) is 83.3 Å². The monoisotopic (exact) mass is 352 g/mol. The van der Waals surface area contributed by atoms with Crippen LogP contribution in [0, 0.1) is 35.5 Å². The molecule has 0 saturated heterocycles. The number of hydrogen-bond acceptors (Lipinski definition) is 4. The van der Waals surface area contributed by atoms with Crippen molar-refractivity contribution >= 4 is 0 Å². The molecule has 8 rings (SSSR count). The van der Waals surface area contributed by atoms with E-state index >= 15 is 0 Å². The second-order valence-electron chi connectivity index (χ2n) is 8.72. The molecular weight excluding hydrogens is 332 g/mol. The molecule has 2 saturated carbocycles. The number of hydrogen-bond donors (Lipinski definition) is 0. The number of fused-ring (bicyclic) bond motifs is 2. The van der Waals surface area contributed by atoms with Gasteiger partial charge >= 0.3 is 0 Å². The first kappa shape index (κ1) is 14.4. The van der Waals surface area contributed by atoms with Crippen LogP contribution in [0.2, 0.25) is 0 Å². The highest BCUT2D eigenvalue weighted by Gasteiger charge is 2.76. The van der Waals surface area contributed by atoms with Gasteiger partial charge in [-0.2, -0.15) is 10.2 Å². The van der Waals surface area contributed by atoms with Crippen LogP contribution in [0.4, 0.5) is 0 Å². The van der Waals surface area contributed by atoms with Crippen LogP contribution in [0.25, 0.3) is 0 Å². The molecule has 4 bridgehead atoms. The van der Waals surface area contributed by atoms with Gasteiger partial charge in [0.2, 0.25) is 0 Å². The standard InChI is InChI=1S/C23H20N4/c1-3-11-24-18(5-1)22-16-9-10-17(16)23(27-26-22,19-6-2-4-12-25-19)21-15-8-7-14(13-15)20(21)22/h1-12,14-17,20-21H,13H2. The van der Waals surface area contributed by atoms with Gasteiger partial charge in [-0.3, -0.25) is 9.97 Å². The number of nitrogens with zero attached hydrogens (tertiary/aromatic N) is 4. The lowest BCUT2D eigenvalue weighted by atomic mass is 9.43. The fourth-order valence-electron chi connectivity index (χ4n) is 7.06.